The number of aromatic nitrogens is 2. The molecule has 2 heterocycles. The number of imidazole rings is 1. The number of fused-ring (bicyclic) bond motifs is 1. The molecule has 0 radical (unpaired) electrons. The maximum absolute atomic E-state index is 12.0. The lowest BCUT2D eigenvalue weighted by atomic mass is 10.1. The van der Waals surface area contributed by atoms with Crippen molar-refractivity contribution in [1.82, 2.24) is 14.5 Å². The summed E-state index contributed by atoms with van der Waals surface area (Å²) in [6.45, 7) is 8.62. The Hall–Kier alpha value is -1.88. The van der Waals surface area contributed by atoms with E-state index in [2.05, 4.69) is 34.7 Å². The van der Waals surface area contributed by atoms with Gasteiger partial charge in [0.2, 0.25) is 5.91 Å². The van der Waals surface area contributed by atoms with Gasteiger partial charge in [-0.25, -0.2) is 4.98 Å². The highest BCUT2D eigenvalue weighted by molar-refractivity contribution is 5.93. The Balaban J connectivity index is 1.81. The van der Waals surface area contributed by atoms with Crippen LogP contribution in [0, 0.1) is 0 Å². The SMILES string of the molecule is CCCCC(=O)Nc1ccc2c(c1)nc(CN1CCCCC1)n2CCCC. The number of unbranched alkanes of at least 4 members (excludes halogenated alkanes) is 2. The van der Waals surface area contributed by atoms with Gasteiger partial charge in [-0.05, 0) is 57.0 Å². The third kappa shape index (κ3) is 5.32. The Morgan fingerprint density at radius 3 is 2.63 bits per heavy atom. The van der Waals surface area contributed by atoms with Gasteiger partial charge in [0.25, 0.3) is 0 Å². The van der Waals surface area contributed by atoms with Crippen LogP contribution in [0.25, 0.3) is 11.0 Å². The Kier molecular flexibility index (Phi) is 7.27. The third-order valence-corrected chi connectivity index (χ3v) is 5.42. The molecule has 1 aliphatic heterocycles. The number of piperidine rings is 1. The van der Waals surface area contributed by atoms with Crippen LogP contribution >= 0.6 is 0 Å². The zero-order chi connectivity index (χ0) is 19.1. The molecule has 0 bridgehead atoms. The minimum atomic E-state index is 0.0927. The predicted molar refractivity (Wildman–Crippen MR) is 112 cm³/mol. The van der Waals surface area contributed by atoms with Gasteiger partial charge in [-0.3, -0.25) is 9.69 Å². The standard InChI is InChI=1S/C22H34N4O/c1-3-5-10-22(27)23-18-11-12-20-19(16-18)24-21(26(20)15-6-4-2)17-25-13-8-7-9-14-25/h11-12,16H,3-10,13-15,17H2,1-2H3,(H,23,27). The number of rotatable bonds is 9. The molecule has 2 aromatic rings. The zero-order valence-electron chi connectivity index (χ0n) is 17.0. The Morgan fingerprint density at radius 1 is 1.11 bits per heavy atom. The lowest BCUT2D eigenvalue weighted by molar-refractivity contribution is -0.116. The first-order valence-electron chi connectivity index (χ1n) is 10.7. The van der Waals surface area contributed by atoms with E-state index in [1.54, 1.807) is 0 Å². The number of hydrogen-bond acceptors (Lipinski definition) is 3. The Morgan fingerprint density at radius 2 is 1.89 bits per heavy atom. The first kappa shape index (κ1) is 19.9. The van der Waals surface area contributed by atoms with Crippen molar-refractivity contribution in [3.8, 4) is 0 Å². The van der Waals surface area contributed by atoms with Gasteiger partial charge in [0.1, 0.15) is 5.82 Å². The Bertz CT molecular complexity index is 746. The van der Waals surface area contributed by atoms with Crippen molar-refractivity contribution in [3.63, 3.8) is 0 Å². The van der Waals surface area contributed by atoms with Gasteiger partial charge in [0.15, 0.2) is 0 Å². The van der Waals surface area contributed by atoms with Crippen molar-refractivity contribution in [2.24, 2.45) is 0 Å². The van der Waals surface area contributed by atoms with E-state index in [0.717, 1.165) is 49.4 Å². The number of hydrogen-bond donors (Lipinski definition) is 1. The molecule has 0 spiro atoms. The molecule has 5 heteroatoms. The van der Waals surface area contributed by atoms with Gasteiger partial charge in [-0.2, -0.15) is 0 Å². The molecule has 1 N–H and O–H groups in total. The van der Waals surface area contributed by atoms with E-state index in [1.807, 2.05) is 12.1 Å². The van der Waals surface area contributed by atoms with Crippen LogP contribution in [0.4, 0.5) is 5.69 Å². The average Bonchev–Trinajstić information content (AvgIpc) is 3.01. The minimum absolute atomic E-state index is 0.0927. The summed E-state index contributed by atoms with van der Waals surface area (Å²) < 4.78 is 2.39. The summed E-state index contributed by atoms with van der Waals surface area (Å²) in [5, 5.41) is 3.02. The number of nitrogens with one attached hydrogen (secondary N) is 1. The van der Waals surface area contributed by atoms with E-state index in [1.165, 1.54) is 44.3 Å². The molecule has 0 aliphatic carbocycles. The summed E-state index contributed by atoms with van der Waals surface area (Å²) in [6.07, 6.45) is 8.83. The van der Waals surface area contributed by atoms with E-state index in [4.69, 9.17) is 4.98 Å². The molecule has 1 aliphatic rings. The smallest absolute Gasteiger partial charge is 0.224 e. The minimum Gasteiger partial charge on any atom is -0.327 e. The molecule has 1 amide bonds. The molecule has 1 aromatic heterocycles. The van der Waals surface area contributed by atoms with Crippen LogP contribution in [0.5, 0.6) is 0 Å². The van der Waals surface area contributed by atoms with E-state index in [0.29, 0.717) is 6.42 Å². The van der Waals surface area contributed by atoms with Crippen LogP contribution in [0.1, 0.15) is 71.0 Å². The van der Waals surface area contributed by atoms with Gasteiger partial charge >= 0.3 is 0 Å². The molecule has 5 nitrogen and oxygen atoms in total. The highest BCUT2D eigenvalue weighted by Gasteiger charge is 2.16. The maximum atomic E-state index is 12.0. The quantitative estimate of drug-likeness (QED) is 0.679. The number of carbonyl (C=O) groups excluding carboxylic acids is 1. The van der Waals surface area contributed by atoms with Crippen molar-refractivity contribution in [2.75, 3.05) is 18.4 Å². The van der Waals surface area contributed by atoms with Crippen LogP contribution in [0.15, 0.2) is 18.2 Å². The summed E-state index contributed by atoms with van der Waals surface area (Å²) in [7, 11) is 0. The summed E-state index contributed by atoms with van der Waals surface area (Å²) >= 11 is 0. The third-order valence-electron chi connectivity index (χ3n) is 5.42. The number of likely N-dealkylation sites (tertiary alicyclic amines) is 1. The molecule has 1 fully saturated rings. The second-order valence-electron chi connectivity index (χ2n) is 7.73. The van der Waals surface area contributed by atoms with Crippen LogP contribution in [0.3, 0.4) is 0 Å². The largest absolute Gasteiger partial charge is 0.327 e. The fourth-order valence-electron chi connectivity index (χ4n) is 3.82. The molecule has 1 saturated heterocycles. The van der Waals surface area contributed by atoms with Crippen molar-refractivity contribution < 1.29 is 4.79 Å². The normalized spacial score (nSPS) is 15.3. The Labute approximate surface area is 163 Å². The number of benzene rings is 1. The number of anilines is 1. The number of nitrogens with zero attached hydrogens (tertiary/aromatic N) is 3. The molecule has 0 atom stereocenters. The lowest BCUT2D eigenvalue weighted by Gasteiger charge is -2.26. The fraction of sp³-hybridized carbons (Fsp3) is 0.636. The molecule has 0 saturated carbocycles. The molecular formula is C22H34N4O. The fourth-order valence-corrected chi connectivity index (χ4v) is 3.82. The second-order valence-corrected chi connectivity index (χ2v) is 7.73. The first-order valence-corrected chi connectivity index (χ1v) is 10.7. The molecule has 1 aromatic carbocycles. The van der Waals surface area contributed by atoms with Crippen LogP contribution in [-0.4, -0.2) is 33.4 Å². The topological polar surface area (TPSA) is 50.2 Å². The average molecular weight is 371 g/mol. The highest BCUT2D eigenvalue weighted by Crippen LogP contribution is 2.23. The molecule has 27 heavy (non-hydrogen) atoms. The number of amides is 1. The van der Waals surface area contributed by atoms with Crippen molar-refractivity contribution in [1.29, 1.82) is 0 Å². The molecule has 148 valence electrons. The van der Waals surface area contributed by atoms with Gasteiger partial charge in [0.05, 0.1) is 17.6 Å². The van der Waals surface area contributed by atoms with Gasteiger partial charge in [-0.1, -0.05) is 33.1 Å². The van der Waals surface area contributed by atoms with Gasteiger partial charge in [0, 0.05) is 18.7 Å². The van der Waals surface area contributed by atoms with Gasteiger partial charge < -0.3 is 9.88 Å². The summed E-state index contributed by atoms with van der Waals surface area (Å²) in [5.41, 5.74) is 3.03. The summed E-state index contributed by atoms with van der Waals surface area (Å²) in [4.78, 5) is 19.5. The van der Waals surface area contributed by atoms with E-state index < -0.39 is 0 Å². The molecule has 0 unspecified atom stereocenters. The summed E-state index contributed by atoms with van der Waals surface area (Å²) in [6, 6.07) is 6.16. The highest BCUT2D eigenvalue weighted by atomic mass is 16.1. The van der Waals surface area contributed by atoms with Crippen LogP contribution in [0.2, 0.25) is 0 Å². The molecular weight excluding hydrogens is 336 g/mol. The van der Waals surface area contributed by atoms with Crippen molar-refractivity contribution in [2.45, 2.75) is 78.3 Å². The monoisotopic (exact) mass is 370 g/mol. The first-order chi connectivity index (χ1) is 13.2. The van der Waals surface area contributed by atoms with Crippen LogP contribution < -0.4 is 5.32 Å². The van der Waals surface area contributed by atoms with E-state index in [9.17, 15) is 4.79 Å². The number of aryl methyl sites for hydroxylation is 1. The predicted octanol–water partition coefficient (Wildman–Crippen LogP) is 4.95. The van der Waals surface area contributed by atoms with E-state index in [-0.39, 0.29) is 5.91 Å². The van der Waals surface area contributed by atoms with E-state index >= 15 is 0 Å². The number of carbonyl (C=O) groups is 1. The second kappa shape index (κ2) is 9.88. The maximum Gasteiger partial charge on any atom is 0.224 e. The van der Waals surface area contributed by atoms with Crippen molar-refractivity contribution >= 4 is 22.6 Å². The van der Waals surface area contributed by atoms with Crippen molar-refractivity contribution in [3.05, 3.63) is 24.0 Å². The van der Waals surface area contributed by atoms with Crippen LogP contribution in [-0.2, 0) is 17.9 Å². The van der Waals surface area contributed by atoms with Gasteiger partial charge in [-0.15, -0.1) is 0 Å². The lowest BCUT2D eigenvalue weighted by Crippen LogP contribution is -2.30. The zero-order valence-corrected chi connectivity index (χ0v) is 17.0. The summed E-state index contributed by atoms with van der Waals surface area (Å²) in [5.74, 6) is 1.25. The molecule has 3 rings (SSSR count).